The van der Waals surface area contributed by atoms with Gasteiger partial charge in [-0.25, -0.2) is 14.4 Å². The molecule has 0 spiro atoms. The van der Waals surface area contributed by atoms with Crippen LogP contribution in [0.5, 0.6) is 0 Å². The number of anilines is 2. The average Bonchev–Trinajstić information content (AvgIpc) is 3.19. The molecule has 0 unspecified atom stereocenters. The zero-order valence-corrected chi connectivity index (χ0v) is 17.4. The van der Waals surface area contributed by atoms with Crippen molar-refractivity contribution in [3.63, 3.8) is 0 Å². The number of amides is 1. The third-order valence-corrected chi connectivity index (χ3v) is 6.22. The molecule has 0 N–H and O–H groups in total. The summed E-state index contributed by atoms with van der Waals surface area (Å²) in [6, 6.07) is 7.11. The van der Waals surface area contributed by atoms with E-state index in [1.807, 2.05) is 4.90 Å². The summed E-state index contributed by atoms with van der Waals surface area (Å²) >= 11 is 1.32. The van der Waals surface area contributed by atoms with Crippen molar-refractivity contribution in [2.24, 2.45) is 0 Å². The molecule has 0 atom stereocenters. The highest BCUT2D eigenvalue weighted by Gasteiger charge is 2.31. The van der Waals surface area contributed by atoms with Crippen LogP contribution in [0.3, 0.4) is 0 Å². The maximum atomic E-state index is 13.9. The molecule has 0 aliphatic carbocycles. The van der Waals surface area contributed by atoms with Gasteiger partial charge in [-0.15, -0.1) is 0 Å². The van der Waals surface area contributed by atoms with E-state index in [2.05, 4.69) is 9.97 Å². The Morgan fingerprint density at radius 1 is 1.16 bits per heavy atom. The van der Waals surface area contributed by atoms with Crippen molar-refractivity contribution in [2.45, 2.75) is 6.18 Å². The lowest BCUT2D eigenvalue weighted by Crippen LogP contribution is -2.51. The van der Waals surface area contributed by atoms with Gasteiger partial charge in [-0.05, 0) is 24.3 Å². The van der Waals surface area contributed by atoms with Gasteiger partial charge in [0, 0.05) is 39.4 Å². The molecule has 164 valence electrons. The van der Waals surface area contributed by atoms with E-state index >= 15 is 0 Å². The fourth-order valence-corrected chi connectivity index (χ4v) is 4.30. The first kappa shape index (κ1) is 21.3. The number of carbonyl (C=O) groups excluding carboxylic acids is 1. The first-order chi connectivity index (χ1) is 14.7. The van der Waals surface area contributed by atoms with E-state index in [1.165, 1.54) is 23.5 Å². The highest BCUT2D eigenvalue weighted by molar-refractivity contribution is 7.22. The summed E-state index contributed by atoms with van der Waals surface area (Å²) < 4.78 is 52.6. The number of rotatable bonds is 4. The molecule has 31 heavy (non-hydrogen) atoms. The number of aromatic nitrogens is 2. The second-order valence-corrected chi connectivity index (χ2v) is 8.22. The van der Waals surface area contributed by atoms with Crippen LogP contribution in [0.1, 0.15) is 5.56 Å². The monoisotopic (exact) mass is 453 g/mol. The van der Waals surface area contributed by atoms with Crippen LogP contribution in [-0.4, -0.2) is 60.5 Å². The molecule has 0 saturated carbocycles. The van der Waals surface area contributed by atoms with Gasteiger partial charge in [0.05, 0.1) is 16.8 Å². The Morgan fingerprint density at radius 2 is 1.90 bits per heavy atom. The summed E-state index contributed by atoms with van der Waals surface area (Å²) in [5.41, 5.74) is -0.498. The predicted molar refractivity (Wildman–Crippen MR) is 111 cm³/mol. The lowest BCUT2D eigenvalue weighted by atomic mass is 10.2. The normalized spacial score (nSPS) is 14.9. The molecule has 11 heteroatoms. The summed E-state index contributed by atoms with van der Waals surface area (Å²) in [6.07, 6.45) is -3.60. The molecule has 2 aromatic heterocycles. The SMILES string of the molecule is CN(CC(=O)N1CCN(c2ccc(C(F)(F)F)cn2)CC1)c1nc2c(F)cccc2s1. The molecular formula is C20H19F4N5OS. The zero-order valence-electron chi connectivity index (χ0n) is 16.6. The number of piperazine rings is 1. The second kappa shape index (κ2) is 8.29. The van der Waals surface area contributed by atoms with Crippen LogP contribution in [0.15, 0.2) is 36.5 Å². The minimum atomic E-state index is -4.42. The summed E-state index contributed by atoms with van der Waals surface area (Å²) in [5.74, 6) is -0.0382. The number of para-hydroxylation sites is 1. The Morgan fingerprint density at radius 3 is 2.52 bits per heavy atom. The molecule has 1 saturated heterocycles. The molecule has 4 rings (SSSR count). The van der Waals surface area contributed by atoms with E-state index in [0.717, 1.165) is 12.3 Å². The van der Waals surface area contributed by atoms with Gasteiger partial charge < -0.3 is 14.7 Å². The fraction of sp³-hybridized carbons (Fsp3) is 0.350. The number of nitrogens with zero attached hydrogens (tertiary/aromatic N) is 5. The van der Waals surface area contributed by atoms with E-state index < -0.39 is 17.6 Å². The molecule has 1 aromatic carbocycles. The Bertz CT molecular complexity index is 1080. The Kier molecular flexibility index (Phi) is 5.69. The predicted octanol–water partition coefficient (Wildman–Crippen LogP) is 3.63. The van der Waals surface area contributed by atoms with E-state index in [9.17, 15) is 22.4 Å². The van der Waals surface area contributed by atoms with Crippen LogP contribution >= 0.6 is 11.3 Å². The summed E-state index contributed by atoms with van der Waals surface area (Å²) in [7, 11) is 1.73. The summed E-state index contributed by atoms with van der Waals surface area (Å²) in [6.45, 7) is 1.91. The molecule has 6 nitrogen and oxygen atoms in total. The molecule has 1 amide bonds. The van der Waals surface area contributed by atoms with Gasteiger partial charge in [0.1, 0.15) is 17.2 Å². The van der Waals surface area contributed by atoms with Crippen LogP contribution in [0, 0.1) is 5.82 Å². The number of alkyl halides is 3. The van der Waals surface area contributed by atoms with Gasteiger partial charge in [-0.3, -0.25) is 4.79 Å². The van der Waals surface area contributed by atoms with E-state index in [4.69, 9.17) is 0 Å². The summed E-state index contributed by atoms with van der Waals surface area (Å²) in [5, 5.41) is 0.557. The van der Waals surface area contributed by atoms with Crippen molar-refractivity contribution in [1.29, 1.82) is 0 Å². The fourth-order valence-electron chi connectivity index (χ4n) is 3.36. The minimum absolute atomic E-state index is 0.0951. The number of fused-ring (bicyclic) bond motifs is 1. The minimum Gasteiger partial charge on any atom is -0.353 e. The van der Waals surface area contributed by atoms with E-state index in [0.29, 0.717) is 47.3 Å². The van der Waals surface area contributed by atoms with Crippen LogP contribution in [0.25, 0.3) is 10.2 Å². The second-order valence-electron chi connectivity index (χ2n) is 7.21. The van der Waals surface area contributed by atoms with Gasteiger partial charge in [-0.2, -0.15) is 13.2 Å². The zero-order chi connectivity index (χ0) is 22.2. The number of thiazole rings is 1. The number of pyridine rings is 1. The Labute approximate surface area is 179 Å². The lowest BCUT2D eigenvalue weighted by Gasteiger charge is -2.36. The quantitative estimate of drug-likeness (QED) is 0.565. The van der Waals surface area contributed by atoms with E-state index in [-0.39, 0.29) is 12.5 Å². The third-order valence-electron chi connectivity index (χ3n) is 5.09. The van der Waals surface area contributed by atoms with Crippen molar-refractivity contribution < 1.29 is 22.4 Å². The van der Waals surface area contributed by atoms with E-state index in [1.54, 1.807) is 29.0 Å². The largest absolute Gasteiger partial charge is 0.417 e. The Hall–Kier alpha value is -2.95. The van der Waals surface area contributed by atoms with Crippen LogP contribution in [0.2, 0.25) is 0 Å². The molecule has 1 aliphatic heterocycles. The van der Waals surface area contributed by atoms with Crippen molar-refractivity contribution in [3.05, 3.63) is 47.9 Å². The van der Waals surface area contributed by atoms with Crippen LogP contribution in [-0.2, 0) is 11.0 Å². The van der Waals surface area contributed by atoms with Gasteiger partial charge in [0.15, 0.2) is 5.13 Å². The van der Waals surface area contributed by atoms with Gasteiger partial charge in [-0.1, -0.05) is 17.4 Å². The maximum Gasteiger partial charge on any atom is 0.417 e. The lowest BCUT2D eigenvalue weighted by molar-refractivity contribution is -0.137. The standard InChI is InChI=1S/C20H19F4N5OS/c1-27(19-26-18-14(21)3-2-4-15(18)31-19)12-17(30)29-9-7-28(8-10-29)16-6-5-13(11-25-16)20(22,23)24/h2-6,11H,7-10,12H2,1H3. The molecule has 1 aliphatic rings. The van der Waals surface area contributed by atoms with Crippen molar-refractivity contribution >= 4 is 38.4 Å². The third kappa shape index (κ3) is 4.55. The highest BCUT2D eigenvalue weighted by Crippen LogP contribution is 2.30. The number of hydrogen-bond donors (Lipinski definition) is 0. The maximum absolute atomic E-state index is 13.9. The molecule has 3 heterocycles. The topological polar surface area (TPSA) is 52.6 Å². The van der Waals surface area contributed by atoms with Gasteiger partial charge in [0.25, 0.3) is 0 Å². The smallest absolute Gasteiger partial charge is 0.353 e. The first-order valence-electron chi connectivity index (χ1n) is 9.54. The molecule has 0 bridgehead atoms. The number of benzene rings is 1. The molecule has 1 fully saturated rings. The summed E-state index contributed by atoms with van der Waals surface area (Å²) in [4.78, 5) is 26.1. The molecule has 3 aromatic rings. The highest BCUT2D eigenvalue weighted by atomic mass is 32.1. The molecule has 0 radical (unpaired) electrons. The number of hydrogen-bond acceptors (Lipinski definition) is 6. The van der Waals surface area contributed by atoms with Crippen molar-refractivity contribution in [1.82, 2.24) is 14.9 Å². The van der Waals surface area contributed by atoms with Crippen molar-refractivity contribution in [3.8, 4) is 0 Å². The van der Waals surface area contributed by atoms with Gasteiger partial charge >= 0.3 is 6.18 Å². The average molecular weight is 453 g/mol. The number of likely N-dealkylation sites (N-methyl/N-ethyl adjacent to an activating group) is 1. The van der Waals surface area contributed by atoms with Crippen LogP contribution in [0.4, 0.5) is 28.5 Å². The van der Waals surface area contributed by atoms with Gasteiger partial charge in [0.2, 0.25) is 5.91 Å². The first-order valence-corrected chi connectivity index (χ1v) is 10.4. The van der Waals surface area contributed by atoms with Crippen LogP contribution < -0.4 is 9.80 Å². The Balaban J connectivity index is 1.34. The number of carbonyl (C=O) groups is 1. The van der Waals surface area contributed by atoms with Crippen molar-refractivity contribution in [2.75, 3.05) is 49.6 Å². The number of halogens is 4. The molecular weight excluding hydrogens is 434 g/mol.